The predicted octanol–water partition coefficient (Wildman–Crippen LogP) is 1.35. The van der Waals surface area contributed by atoms with Crippen LogP contribution in [0.5, 0.6) is 5.75 Å². The Bertz CT molecular complexity index is 1240. The number of nitrogens with zero attached hydrogens (tertiary/aromatic N) is 2. The van der Waals surface area contributed by atoms with Gasteiger partial charge in [-0.3, -0.25) is 14.4 Å². The van der Waals surface area contributed by atoms with Crippen molar-refractivity contribution in [3.8, 4) is 5.75 Å². The Morgan fingerprint density at radius 1 is 1.22 bits per heavy atom. The molecule has 1 saturated heterocycles. The van der Waals surface area contributed by atoms with Crippen molar-refractivity contribution in [3.63, 3.8) is 0 Å². The molecule has 1 aromatic carbocycles. The largest absolute Gasteiger partial charge is 0.503 e. The SMILES string of the molecule is O=C(NCc1ccc(F)cc1F)c1cn2c(c(O)c1=O)C(=O)N1C3CC(O[C@H]1C2)[C@@H]1C[C@H]31. The molecule has 0 radical (unpaired) electrons. The lowest BCUT2D eigenvalue weighted by Gasteiger charge is -2.45. The first-order valence-electron chi connectivity index (χ1n) is 10.5. The molecule has 2 saturated carbocycles. The molecule has 166 valence electrons. The van der Waals surface area contributed by atoms with Crippen LogP contribution in [0.3, 0.4) is 0 Å². The van der Waals surface area contributed by atoms with E-state index >= 15 is 0 Å². The minimum absolute atomic E-state index is 0.0394. The average Bonchev–Trinajstić information content (AvgIpc) is 3.50. The monoisotopic (exact) mass is 443 g/mol. The van der Waals surface area contributed by atoms with Gasteiger partial charge in [-0.2, -0.15) is 0 Å². The molecule has 2 aromatic rings. The molecule has 3 heterocycles. The average molecular weight is 443 g/mol. The maximum Gasteiger partial charge on any atom is 0.276 e. The van der Waals surface area contributed by atoms with Crippen molar-refractivity contribution in [1.82, 2.24) is 14.8 Å². The molecule has 2 unspecified atom stereocenters. The molecule has 10 heteroatoms. The Balaban J connectivity index is 1.29. The molecule has 2 aliphatic carbocycles. The number of pyridine rings is 1. The molecule has 1 aromatic heterocycles. The number of hydrogen-bond acceptors (Lipinski definition) is 5. The number of aromatic hydroxyl groups is 1. The Morgan fingerprint density at radius 2 is 2.03 bits per heavy atom. The zero-order valence-electron chi connectivity index (χ0n) is 16.8. The first-order valence-corrected chi connectivity index (χ1v) is 10.5. The van der Waals surface area contributed by atoms with Gasteiger partial charge in [0.15, 0.2) is 17.7 Å². The minimum atomic E-state index is -0.980. The molecule has 5 atom stereocenters. The number of carbonyl (C=O) groups excluding carboxylic acids is 2. The first-order chi connectivity index (χ1) is 15.3. The van der Waals surface area contributed by atoms with Gasteiger partial charge in [0.1, 0.15) is 17.2 Å². The number of aromatic nitrogens is 1. The van der Waals surface area contributed by atoms with Gasteiger partial charge < -0.3 is 24.6 Å². The van der Waals surface area contributed by atoms with E-state index in [1.807, 2.05) is 0 Å². The van der Waals surface area contributed by atoms with Crippen molar-refractivity contribution in [1.29, 1.82) is 0 Å². The third-order valence-corrected chi connectivity index (χ3v) is 7.08. The van der Waals surface area contributed by atoms with Crippen LogP contribution < -0.4 is 10.7 Å². The molecule has 4 aliphatic rings. The van der Waals surface area contributed by atoms with Gasteiger partial charge in [-0.25, -0.2) is 8.78 Å². The number of rotatable bonds is 3. The summed E-state index contributed by atoms with van der Waals surface area (Å²) in [4.78, 5) is 40.1. The van der Waals surface area contributed by atoms with Crippen LogP contribution in [-0.2, 0) is 17.8 Å². The zero-order chi connectivity index (χ0) is 22.3. The van der Waals surface area contributed by atoms with E-state index in [1.54, 1.807) is 4.90 Å². The summed E-state index contributed by atoms with van der Waals surface area (Å²) < 4.78 is 34.4. The van der Waals surface area contributed by atoms with E-state index in [1.165, 1.54) is 16.8 Å². The van der Waals surface area contributed by atoms with Crippen molar-refractivity contribution < 1.29 is 28.2 Å². The van der Waals surface area contributed by atoms with Gasteiger partial charge in [0.2, 0.25) is 5.43 Å². The summed E-state index contributed by atoms with van der Waals surface area (Å²) in [5, 5.41) is 12.9. The maximum absolute atomic E-state index is 13.8. The van der Waals surface area contributed by atoms with Gasteiger partial charge in [-0.15, -0.1) is 0 Å². The number of carbonyl (C=O) groups is 2. The highest BCUT2D eigenvalue weighted by atomic mass is 19.1. The minimum Gasteiger partial charge on any atom is -0.503 e. The Kier molecular flexibility index (Phi) is 4.01. The normalized spacial score (nSPS) is 29.2. The fraction of sp³-hybridized carbons (Fsp3) is 0.409. The van der Waals surface area contributed by atoms with Crippen LogP contribution in [0.25, 0.3) is 0 Å². The summed E-state index contributed by atoms with van der Waals surface area (Å²) in [6.07, 6.45) is 2.62. The Morgan fingerprint density at radius 3 is 2.81 bits per heavy atom. The van der Waals surface area contributed by atoms with Crippen molar-refractivity contribution in [2.24, 2.45) is 11.8 Å². The molecular weight excluding hydrogens is 424 g/mol. The van der Waals surface area contributed by atoms with Crippen LogP contribution in [-0.4, -0.2) is 44.8 Å². The van der Waals surface area contributed by atoms with Gasteiger partial charge in [-0.05, 0) is 30.7 Å². The van der Waals surface area contributed by atoms with Crippen molar-refractivity contribution >= 4 is 11.8 Å². The molecule has 8 nitrogen and oxygen atoms in total. The summed E-state index contributed by atoms with van der Waals surface area (Å²) >= 11 is 0. The Hall–Kier alpha value is -3.27. The van der Waals surface area contributed by atoms with Crippen LogP contribution in [0, 0.1) is 23.5 Å². The fourth-order valence-corrected chi connectivity index (χ4v) is 5.47. The molecule has 2 bridgehead atoms. The van der Waals surface area contributed by atoms with Gasteiger partial charge in [-0.1, -0.05) is 6.07 Å². The summed E-state index contributed by atoms with van der Waals surface area (Å²) in [5.74, 6) is -2.82. The van der Waals surface area contributed by atoms with Crippen molar-refractivity contribution in [2.75, 3.05) is 0 Å². The number of hydrogen-bond donors (Lipinski definition) is 2. The second-order valence-electron chi connectivity index (χ2n) is 8.85. The Labute approximate surface area is 180 Å². The fourth-order valence-electron chi connectivity index (χ4n) is 5.47. The van der Waals surface area contributed by atoms with E-state index in [-0.39, 0.29) is 42.1 Å². The number of halogens is 2. The quantitative estimate of drug-likeness (QED) is 0.746. The van der Waals surface area contributed by atoms with Crippen LogP contribution in [0.2, 0.25) is 0 Å². The number of nitrogens with one attached hydrogen (secondary N) is 1. The summed E-state index contributed by atoms with van der Waals surface area (Å²) in [6.45, 7) is -0.0916. The molecule has 2 amide bonds. The highest BCUT2D eigenvalue weighted by Crippen LogP contribution is 2.58. The molecule has 3 fully saturated rings. The topological polar surface area (TPSA) is 101 Å². The lowest BCUT2D eigenvalue weighted by atomic mass is 10.0. The zero-order valence-corrected chi connectivity index (χ0v) is 16.8. The lowest BCUT2D eigenvalue weighted by Crippen LogP contribution is -2.58. The summed E-state index contributed by atoms with van der Waals surface area (Å²) in [6, 6.07) is 2.99. The summed E-state index contributed by atoms with van der Waals surface area (Å²) in [7, 11) is 0. The van der Waals surface area contributed by atoms with Gasteiger partial charge in [0, 0.05) is 30.4 Å². The van der Waals surface area contributed by atoms with E-state index in [9.17, 15) is 28.3 Å². The maximum atomic E-state index is 13.8. The number of ether oxygens (including phenoxy) is 1. The second-order valence-corrected chi connectivity index (χ2v) is 8.85. The predicted molar refractivity (Wildman–Crippen MR) is 105 cm³/mol. The van der Waals surface area contributed by atoms with Crippen LogP contribution in [0.4, 0.5) is 8.78 Å². The van der Waals surface area contributed by atoms with E-state index in [0.29, 0.717) is 17.9 Å². The van der Waals surface area contributed by atoms with Crippen LogP contribution in [0.15, 0.2) is 29.2 Å². The highest BCUT2D eigenvalue weighted by molar-refractivity contribution is 5.99. The van der Waals surface area contributed by atoms with E-state index in [4.69, 9.17) is 4.74 Å². The molecular formula is C22H19F2N3O5. The first kappa shape index (κ1) is 19.4. The van der Waals surface area contributed by atoms with E-state index < -0.39 is 40.9 Å². The van der Waals surface area contributed by atoms with E-state index in [2.05, 4.69) is 5.32 Å². The van der Waals surface area contributed by atoms with Gasteiger partial charge >= 0.3 is 0 Å². The third-order valence-electron chi connectivity index (χ3n) is 7.08. The third kappa shape index (κ3) is 2.72. The number of amides is 2. The van der Waals surface area contributed by atoms with Crippen LogP contribution >= 0.6 is 0 Å². The molecule has 2 aliphatic heterocycles. The number of fused-ring (bicyclic) bond motifs is 8. The molecule has 2 N–H and O–H groups in total. The highest BCUT2D eigenvalue weighted by Gasteiger charge is 2.63. The van der Waals surface area contributed by atoms with Crippen molar-refractivity contribution in [2.45, 2.75) is 44.3 Å². The van der Waals surface area contributed by atoms with Crippen molar-refractivity contribution in [3.05, 3.63) is 63.1 Å². The summed E-state index contributed by atoms with van der Waals surface area (Å²) in [5.41, 5.74) is -1.47. The van der Waals surface area contributed by atoms with Gasteiger partial charge in [0.05, 0.1) is 12.6 Å². The number of benzene rings is 1. The van der Waals surface area contributed by atoms with Gasteiger partial charge in [0.25, 0.3) is 11.8 Å². The molecule has 0 spiro atoms. The standard InChI is InChI=1S/C22H19F2N3O5/c23-10-2-1-9(14(24)3-10)6-25-21(30)13-7-26-8-17-27(22(31)18(26)20(29)19(13)28)15-5-16(32-17)12-4-11(12)15/h1-3,7,11-12,15-17,29H,4-6,8H2,(H,25,30)/t11-,12+,15?,16?,17-/m0/s1. The smallest absolute Gasteiger partial charge is 0.276 e. The molecule has 6 rings (SSSR count). The van der Waals surface area contributed by atoms with E-state index in [0.717, 1.165) is 18.9 Å². The van der Waals surface area contributed by atoms with Crippen LogP contribution in [0.1, 0.15) is 39.3 Å². The lowest BCUT2D eigenvalue weighted by molar-refractivity contribution is -0.144. The molecule has 32 heavy (non-hydrogen) atoms. The second kappa shape index (κ2) is 6.61.